The van der Waals surface area contributed by atoms with Gasteiger partial charge in [0.15, 0.2) is 17.5 Å². The summed E-state index contributed by atoms with van der Waals surface area (Å²) in [6, 6.07) is 60.6. The van der Waals surface area contributed by atoms with E-state index in [4.69, 9.17) is 23.8 Å². The predicted octanol–water partition coefficient (Wildman–Crippen LogP) is 13.2. The second kappa shape index (κ2) is 12.1. The molecule has 252 valence electrons. The lowest BCUT2D eigenvalue weighted by atomic mass is 9.99. The number of furan rings is 2. The van der Waals surface area contributed by atoms with Gasteiger partial charge in [0.25, 0.3) is 0 Å². The molecule has 0 bridgehead atoms. The van der Waals surface area contributed by atoms with Crippen LogP contribution in [0.15, 0.2) is 185 Å². The van der Waals surface area contributed by atoms with E-state index in [2.05, 4.69) is 127 Å². The molecule has 0 fully saturated rings. The van der Waals surface area contributed by atoms with Gasteiger partial charge in [0.05, 0.1) is 0 Å². The molecule has 11 rings (SSSR count). The number of aromatic nitrogens is 3. The molecule has 0 radical (unpaired) electrons. The molecule has 0 amide bonds. The highest BCUT2D eigenvalue weighted by Gasteiger charge is 2.16. The summed E-state index contributed by atoms with van der Waals surface area (Å²) in [6.45, 7) is 0. The van der Waals surface area contributed by atoms with E-state index in [1.807, 2.05) is 48.5 Å². The first kappa shape index (κ1) is 30.3. The fraction of sp³-hybridized carbons (Fsp3) is 0. The molecular weight excluding hydrogens is 663 g/mol. The Morgan fingerprint density at radius 2 is 0.630 bits per heavy atom. The molecule has 5 nitrogen and oxygen atoms in total. The van der Waals surface area contributed by atoms with Gasteiger partial charge in [0, 0.05) is 38.2 Å². The van der Waals surface area contributed by atoms with Gasteiger partial charge in [-0.1, -0.05) is 121 Å². The fourth-order valence-electron chi connectivity index (χ4n) is 7.53. The number of benzene rings is 8. The van der Waals surface area contributed by atoms with E-state index in [9.17, 15) is 0 Å². The molecule has 54 heavy (non-hydrogen) atoms. The summed E-state index contributed by atoms with van der Waals surface area (Å²) in [7, 11) is 0. The van der Waals surface area contributed by atoms with Gasteiger partial charge < -0.3 is 8.83 Å². The van der Waals surface area contributed by atoms with E-state index in [1.54, 1.807) is 0 Å². The minimum Gasteiger partial charge on any atom is -0.456 e. The lowest BCUT2D eigenvalue weighted by Gasteiger charge is -2.09. The molecule has 3 aromatic heterocycles. The molecule has 0 saturated carbocycles. The van der Waals surface area contributed by atoms with Crippen molar-refractivity contribution in [2.45, 2.75) is 0 Å². The van der Waals surface area contributed by atoms with E-state index < -0.39 is 0 Å². The Morgan fingerprint density at radius 3 is 1.22 bits per heavy atom. The minimum absolute atomic E-state index is 0.600. The molecule has 3 heterocycles. The van der Waals surface area contributed by atoms with Crippen LogP contribution in [0.25, 0.3) is 111 Å². The van der Waals surface area contributed by atoms with E-state index in [0.29, 0.717) is 17.5 Å². The molecular formula is C49H29N3O2. The number of hydrogen-bond acceptors (Lipinski definition) is 5. The topological polar surface area (TPSA) is 65.0 Å². The predicted molar refractivity (Wildman–Crippen MR) is 219 cm³/mol. The number of rotatable bonds is 5. The molecule has 0 saturated heterocycles. The largest absolute Gasteiger partial charge is 0.456 e. The standard InChI is InChI=1S/C49H29N3O2/c1-3-9-30(10-4-1)31-15-17-33(18-16-31)48-50-47(32-11-5-2-6-12-32)51-49(52-48)38-21-24-44-41(28-38)39-26-36(19-22-43(39)53-44)37-20-23-45-40(27-37)42-25-34-13-7-8-14-35(34)29-46(42)54-45/h1-29H. The van der Waals surface area contributed by atoms with Crippen molar-refractivity contribution in [1.82, 2.24) is 15.0 Å². The van der Waals surface area contributed by atoms with Gasteiger partial charge in [0.2, 0.25) is 0 Å². The zero-order chi connectivity index (χ0) is 35.6. The maximum Gasteiger partial charge on any atom is 0.164 e. The van der Waals surface area contributed by atoms with Crippen molar-refractivity contribution in [2.75, 3.05) is 0 Å². The molecule has 0 aliphatic heterocycles. The van der Waals surface area contributed by atoms with Gasteiger partial charge in [-0.3, -0.25) is 0 Å². The Hall–Kier alpha value is -7.37. The Kier molecular flexibility index (Phi) is 6.79. The second-order valence-corrected chi connectivity index (χ2v) is 13.6. The molecule has 8 aromatic carbocycles. The van der Waals surface area contributed by atoms with Crippen molar-refractivity contribution >= 4 is 54.6 Å². The average Bonchev–Trinajstić information content (AvgIpc) is 3.79. The van der Waals surface area contributed by atoms with Crippen LogP contribution < -0.4 is 0 Å². The summed E-state index contributed by atoms with van der Waals surface area (Å²) in [4.78, 5) is 15.0. The third-order valence-electron chi connectivity index (χ3n) is 10.3. The molecule has 0 N–H and O–H groups in total. The molecule has 0 unspecified atom stereocenters. The van der Waals surface area contributed by atoms with Crippen molar-refractivity contribution in [3.63, 3.8) is 0 Å². The number of fused-ring (bicyclic) bond motifs is 7. The third-order valence-corrected chi connectivity index (χ3v) is 10.3. The van der Waals surface area contributed by atoms with Crippen molar-refractivity contribution in [3.05, 3.63) is 176 Å². The normalized spacial score (nSPS) is 11.7. The molecule has 0 aliphatic rings. The first-order valence-corrected chi connectivity index (χ1v) is 18.0. The minimum atomic E-state index is 0.600. The number of hydrogen-bond donors (Lipinski definition) is 0. The molecule has 0 spiro atoms. The summed E-state index contributed by atoms with van der Waals surface area (Å²) >= 11 is 0. The SMILES string of the molecule is c1ccc(-c2ccc(-c3nc(-c4ccccc4)nc(-c4ccc5oc6ccc(-c7ccc8oc9cc%10ccccc%10cc9c8c7)cc6c5c4)n3)cc2)cc1. The van der Waals surface area contributed by atoms with Crippen LogP contribution >= 0.6 is 0 Å². The maximum atomic E-state index is 6.36. The third kappa shape index (κ3) is 5.13. The first-order chi connectivity index (χ1) is 26.7. The average molecular weight is 692 g/mol. The highest BCUT2D eigenvalue weighted by atomic mass is 16.3. The lowest BCUT2D eigenvalue weighted by Crippen LogP contribution is -2.00. The van der Waals surface area contributed by atoms with Gasteiger partial charge in [-0.25, -0.2) is 15.0 Å². The van der Waals surface area contributed by atoms with Gasteiger partial charge in [0.1, 0.15) is 22.3 Å². The summed E-state index contributed by atoms with van der Waals surface area (Å²) < 4.78 is 12.6. The van der Waals surface area contributed by atoms with E-state index >= 15 is 0 Å². The summed E-state index contributed by atoms with van der Waals surface area (Å²) in [5.74, 6) is 1.84. The summed E-state index contributed by atoms with van der Waals surface area (Å²) in [5, 5.41) is 6.61. The molecule has 0 atom stereocenters. The van der Waals surface area contributed by atoms with E-state index in [0.717, 1.165) is 77.3 Å². The number of nitrogens with zero attached hydrogens (tertiary/aromatic N) is 3. The van der Waals surface area contributed by atoms with Crippen LogP contribution in [0.5, 0.6) is 0 Å². The molecule has 0 aliphatic carbocycles. The Labute approximate surface area is 309 Å². The highest BCUT2D eigenvalue weighted by Crippen LogP contribution is 2.38. The van der Waals surface area contributed by atoms with Crippen LogP contribution in [0.1, 0.15) is 0 Å². The molecule has 11 aromatic rings. The van der Waals surface area contributed by atoms with Crippen LogP contribution in [0.2, 0.25) is 0 Å². The zero-order valence-corrected chi connectivity index (χ0v) is 28.9. The van der Waals surface area contributed by atoms with Gasteiger partial charge in [-0.05, 0) is 87.6 Å². The lowest BCUT2D eigenvalue weighted by molar-refractivity contribution is 0.668. The van der Waals surface area contributed by atoms with Gasteiger partial charge in [-0.2, -0.15) is 0 Å². The van der Waals surface area contributed by atoms with Crippen molar-refractivity contribution in [3.8, 4) is 56.4 Å². The smallest absolute Gasteiger partial charge is 0.164 e. The van der Waals surface area contributed by atoms with Crippen LogP contribution in [-0.2, 0) is 0 Å². The summed E-state index contributed by atoms with van der Waals surface area (Å²) in [5.41, 5.74) is 10.7. The molecule has 5 heteroatoms. The van der Waals surface area contributed by atoms with Crippen molar-refractivity contribution in [2.24, 2.45) is 0 Å². The summed E-state index contributed by atoms with van der Waals surface area (Å²) in [6.07, 6.45) is 0. The Balaban J connectivity index is 1.02. The van der Waals surface area contributed by atoms with Gasteiger partial charge in [-0.15, -0.1) is 0 Å². The van der Waals surface area contributed by atoms with Crippen molar-refractivity contribution < 1.29 is 8.83 Å². The van der Waals surface area contributed by atoms with Crippen molar-refractivity contribution in [1.29, 1.82) is 0 Å². The quantitative estimate of drug-likeness (QED) is 0.180. The van der Waals surface area contributed by atoms with Crippen LogP contribution in [0.3, 0.4) is 0 Å². The fourth-order valence-corrected chi connectivity index (χ4v) is 7.53. The van der Waals surface area contributed by atoms with Crippen LogP contribution in [0, 0.1) is 0 Å². The highest BCUT2D eigenvalue weighted by molar-refractivity contribution is 6.12. The van der Waals surface area contributed by atoms with Gasteiger partial charge >= 0.3 is 0 Å². The maximum absolute atomic E-state index is 6.36. The Morgan fingerprint density at radius 1 is 0.259 bits per heavy atom. The van der Waals surface area contributed by atoms with Crippen LogP contribution in [0.4, 0.5) is 0 Å². The Bertz CT molecular complexity index is 3200. The van der Waals surface area contributed by atoms with E-state index in [-0.39, 0.29) is 0 Å². The zero-order valence-electron chi connectivity index (χ0n) is 28.9. The van der Waals surface area contributed by atoms with Crippen LogP contribution in [-0.4, -0.2) is 15.0 Å². The second-order valence-electron chi connectivity index (χ2n) is 13.6. The monoisotopic (exact) mass is 691 g/mol. The first-order valence-electron chi connectivity index (χ1n) is 18.0. The van der Waals surface area contributed by atoms with E-state index in [1.165, 1.54) is 16.3 Å².